The minimum Gasteiger partial charge on any atom is -0.390 e. The van der Waals surface area contributed by atoms with Gasteiger partial charge in [0.1, 0.15) is 0 Å². The summed E-state index contributed by atoms with van der Waals surface area (Å²) >= 11 is 0. The molecule has 1 aromatic carbocycles. The molecule has 1 aliphatic rings. The molecule has 22 heavy (non-hydrogen) atoms. The van der Waals surface area contributed by atoms with Crippen LogP contribution in [-0.2, 0) is 9.63 Å². The van der Waals surface area contributed by atoms with E-state index in [0.717, 1.165) is 17.7 Å². The zero-order valence-corrected chi connectivity index (χ0v) is 14.0. The number of hydrogen-bond donors (Lipinski definition) is 0. The van der Waals surface area contributed by atoms with Gasteiger partial charge in [-0.1, -0.05) is 48.8 Å². The molecule has 2 rings (SSSR count). The lowest BCUT2D eigenvalue weighted by molar-refractivity contribution is -0.133. The first kappa shape index (κ1) is 16.5. The fraction of sp³-hybridized carbons (Fsp3) is 0.556. The average Bonchev–Trinajstić information content (AvgIpc) is 2.93. The van der Waals surface area contributed by atoms with Gasteiger partial charge in [0, 0.05) is 19.4 Å². The van der Waals surface area contributed by atoms with Crippen LogP contribution in [0.2, 0.25) is 0 Å². The van der Waals surface area contributed by atoms with Gasteiger partial charge in [-0.15, -0.1) is 0 Å². The van der Waals surface area contributed by atoms with Gasteiger partial charge in [0.05, 0.1) is 12.3 Å². The van der Waals surface area contributed by atoms with Gasteiger partial charge in [0.15, 0.2) is 6.10 Å². The van der Waals surface area contributed by atoms with Crippen molar-refractivity contribution in [3.63, 3.8) is 0 Å². The Kier molecular flexibility index (Phi) is 5.58. The number of oxime groups is 1. The predicted octanol–water partition coefficient (Wildman–Crippen LogP) is 3.38. The van der Waals surface area contributed by atoms with Crippen molar-refractivity contribution in [1.29, 1.82) is 0 Å². The summed E-state index contributed by atoms with van der Waals surface area (Å²) in [6.07, 6.45) is 1.31. The minimum atomic E-state index is -0.0348. The standard InChI is InChI=1S/C18H26N2O2/c1-5-20(18(21)10-13(2)3)12-16-11-17(19-22-16)15-8-6-14(4)7-9-15/h6-9,13,16H,5,10-12H2,1-4H3/t16-/m0/s1. The highest BCUT2D eigenvalue weighted by Gasteiger charge is 2.26. The molecular weight excluding hydrogens is 276 g/mol. The van der Waals surface area contributed by atoms with E-state index in [2.05, 4.69) is 50.2 Å². The molecule has 0 radical (unpaired) electrons. The Balaban J connectivity index is 1.91. The van der Waals surface area contributed by atoms with E-state index in [9.17, 15) is 4.79 Å². The molecule has 4 heteroatoms. The Morgan fingerprint density at radius 2 is 2.05 bits per heavy atom. The van der Waals surface area contributed by atoms with Crippen molar-refractivity contribution in [2.24, 2.45) is 11.1 Å². The first-order valence-electron chi connectivity index (χ1n) is 8.07. The lowest BCUT2D eigenvalue weighted by Crippen LogP contribution is -2.38. The van der Waals surface area contributed by atoms with Crippen molar-refractivity contribution in [2.75, 3.05) is 13.1 Å². The quantitative estimate of drug-likeness (QED) is 0.808. The van der Waals surface area contributed by atoms with Crippen LogP contribution in [-0.4, -0.2) is 35.7 Å². The molecule has 4 nitrogen and oxygen atoms in total. The number of nitrogens with zero attached hydrogens (tertiary/aromatic N) is 2. The van der Waals surface area contributed by atoms with E-state index in [1.54, 1.807) is 0 Å². The Morgan fingerprint density at radius 1 is 1.36 bits per heavy atom. The summed E-state index contributed by atoms with van der Waals surface area (Å²) < 4.78 is 0. The zero-order valence-electron chi connectivity index (χ0n) is 14.0. The molecule has 1 heterocycles. The lowest BCUT2D eigenvalue weighted by Gasteiger charge is -2.24. The van der Waals surface area contributed by atoms with E-state index in [1.165, 1.54) is 5.56 Å². The number of amides is 1. The molecule has 1 amide bonds. The Bertz CT molecular complexity index is 535. The molecule has 0 aliphatic carbocycles. The predicted molar refractivity (Wildman–Crippen MR) is 88.9 cm³/mol. The van der Waals surface area contributed by atoms with E-state index in [0.29, 0.717) is 25.4 Å². The second-order valence-corrected chi connectivity index (χ2v) is 6.37. The molecule has 0 saturated heterocycles. The number of aryl methyl sites for hydroxylation is 1. The van der Waals surface area contributed by atoms with E-state index in [1.807, 2.05) is 11.8 Å². The maximum absolute atomic E-state index is 12.2. The van der Waals surface area contributed by atoms with Crippen molar-refractivity contribution in [1.82, 2.24) is 4.90 Å². The van der Waals surface area contributed by atoms with Gasteiger partial charge in [0.25, 0.3) is 0 Å². The second kappa shape index (κ2) is 7.43. The number of likely N-dealkylation sites (N-methyl/N-ethyl adjacent to an activating group) is 1. The van der Waals surface area contributed by atoms with Crippen molar-refractivity contribution in [3.8, 4) is 0 Å². The number of benzene rings is 1. The van der Waals surface area contributed by atoms with Crippen LogP contribution in [0, 0.1) is 12.8 Å². The summed E-state index contributed by atoms with van der Waals surface area (Å²) in [4.78, 5) is 19.6. The normalized spacial score (nSPS) is 17.3. The highest BCUT2D eigenvalue weighted by molar-refractivity contribution is 6.01. The van der Waals surface area contributed by atoms with Crippen LogP contribution in [0.5, 0.6) is 0 Å². The Labute approximate surface area is 133 Å². The number of hydrogen-bond acceptors (Lipinski definition) is 3. The monoisotopic (exact) mass is 302 g/mol. The molecule has 1 aromatic rings. The lowest BCUT2D eigenvalue weighted by atomic mass is 10.0. The molecule has 0 unspecified atom stereocenters. The average molecular weight is 302 g/mol. The number of rotatable bonds is 6. The highest BCUT2D eigenvalue weighted by atomic mass is 16.6. The van der Waals surface area contributed by atoms with Gasteiger partial charge in [-0.3, -0.25) is 4.79 Å². The van der Waals surface area contributed by atoms with Gasteiger partial charge in [0.2, 0.25) is 5.91 Å². The fourth-order valence-electron chi connectivity index (χ4n) is 2.57. The third-order valence-corrected chi connectivity index (χ3v) is 3.86. The van der Waals surface area contributed by atoms with E-state index in [-0.39, 0.29) is 12.0 Å². The molecule has 0 saturated carbocycles. The summed E-state index contributed by atoms with van der Waals surface area (Å²) in [5.41, 5.74) is 3.30. The smallest absolute Gasteiger partial charge is 0.222 e. The van der Waals surface area contributed by atoms with Gasteiger partial charge >= 0.3 is 0 Å². The van der Waals surface area contributed by atoms with Crippen LogP contribution in [0.4, 0.5) is 0 Å². The van der Waals surface area contributed by atoms with Gasteiger partial charge < -0.3 is 9.74 Å². The van der Waals surface area contributed by atoms with Crippen LogP contribution >= 0.6 is 0 Å². The van der Waals surface area contributed by atoms with Crippen LogP contribution < -0.4 is 0 Å². The van der Waals surface area contributed by atoms with Crippen LogP contribution in [0.1, 0.15) is 44.7 Å². The molecule has 0 N–H and O–H groups in total. The van der Waals surface area contributed by atoms with Gasteiger partial charge in [-0.05, 0) is 25.3 Å². The number of carbonyl (C=O) groups excluding carboxylic acids is 1. The van der Waals surface area contributed by atoms with Crippen molar-refractivity contribution in [2.45, 2.75) is 46.6 Å². The van der Waals surface area contributed by atoms with Crippen LogP contribution in [0.25, 0.3) is 0 Å². The van der Waals surface area contributed by atoms with Crippen LogP contribution in [0.15, 0.2) is 29.4 Å². The molecule has 0 bridgehead atoms. The van der Waals surface area contributed by atoms with Crippen LogP contribution in [0.3, 0.4) is 0 Å². The molecule has 1 atom stereocenters. The summed E-state index contributed by atoms with van der Waals surface area (Å²) in [5, 5.41) is 4.20. The van der Waals surface area contributed by atoms with E-state index >= 15 is 0 Å². The van der Waals surface area contributed by atoms with Gasteiger partial charge in [-0.2, -0.15) is 0 Å². The molecule has 120 valence electrons. The fourth-order valence-corrected chi connectivity index (χ4v) is 2.57. The maximum Gasteiger partial charge on any atom is 0.222 e. The largest absolute Gasteiger partial charge is 0.390 e. The Hall–Kier alpha value is -1.84. The van der Waals surface area contributed by atoms with E-state index < -0.39 is 0 Å². The molecule has 1 aliphatic heterocycles. The molecule has 0 spiro atoms. The number of carbonyl (C=O) groups is 1. The van der Waals surface area contributed by atoms with E-state index in [4.69, 9.17) is 4.84 Å². The third kappa shape index (κ3) is 4.33. The summed E-state index contributed by atoms with van der Waals surface area (Å²) in [7, 11) is 0. The van der Waals surface area contributed by atoms with Crippen molar-refractivity contribution < 1.29 is 9.63 Å². The summed E-state index contributed by atoms with van der Waals surface area (Å²) in [6.45, 7) is 9.53. The van der Waals surface area contributed by atoms with Gasteiger partial charge in [-0.25, -0.2) is 0 Å². The SMILES string of the molecule is CCN(C[C@@H]1CC(c2ccc(C)cc2)=NO1)C(=O)CC(C)C. The van der Waals surface area contributed by atoms with Crippen molar-refractivity contribution >= 4 is 11.6 Å². The topological polar surface area (TPSA) is 41.9 Å². The molecule has 0 fully saturated rings. The summed E-state index contributed by atoms with van der Waals surface area (Å²) in [5.74, 6) is 0.579. The first-order valence-corrected chi connectivity index (χ1v) is 8.07. The third-order valence-electron chi connectivity index (χ3n) is 3.86. The first-order chi connectivity index (χ1) is 10.5. The van der Waals surface area contributed by atoms with Crippen molar-refractivity contribution in [3.05, 3.63) is 35.4 Å². The zero-order chi connectivity index (χ0) is 16.1. The molecular formula is C18H26N2O2. The molecule has 0 aromatic heterocycles. The maximum atomic E-state index is 12.2. The highest BCUT2D eigenvalue weighted by Crippen LogP contribution is 2.18. The Morgan fingerprint density at radius 3 is 2.64 bits per heavy atom. The summed E-state index contributed by atoms with van der Waals surface area (Å²) in [6, 6.07) is 8.30. The minimum absolute atomic E-state index is 0.0348. The second-order valence-electron chi connectivity index (χ2n) is 6.37.